The van der Waals surface area contributed by atoms with Crippen molar-refractivity contribution >= 4 is 0 Å². The molecule has 0 atom stereocenters. The number of methoxy groups -OCH3 is 1. The van der Waals surface area contributed by atoms with Crippen LogP contribution in [0, 0.1) is 0 Å². The number of imidazole rings is 1. The molecule has 0 saturated carbocycles. The molecule has 7 nitrogen and oxygen atoms in total. The molecule has 8 heteroatoms. The summed E-state index contributed by atoms with van der Waals surface area (Å²) >= 11 is -6.11. The summed E-state index contributed by atoms with van der Waals surface area (Å²) in [5.41, 5.74) is 0. The number of aryl methyl sites for hydroxylation is 1. The minimum absolute atomic E-state index is 0.776. The van der Waals surface area contributed by atoms with Gasteiger partial charge in [0.15, 0.2) is 0 Å². The Morgan fingerprint density at radius 1 is 1.44 bits per heavy atom. The van der Waals surface area contributed by atoms with Crippen molar-refractivity contribution in [3.05, 3.63) is 18.7 Å². The van der Waals surface area contributed by atoms with Crippen molar-refractivity contribution in [2.24, 2.45) is 0 Å². The van der Waals surface area contributed by atoms with Gasteiger partial charge in [-0.3, -0.25) is 0 Å². The molecule has 1 heterocycles. The van der Waals surface area contributed by atoms with E-state index in [1.807, 2.05) is 0 Å². The van der Waals surface area contributed by atoms with Gasteiger partial charge in [-0.2, -0.15) is 0 Å². The van der Waals surface area contributed by atoms with Gasteiger partial charge in [0.05, 0.1) is 13.2 Å². The molecule has 0 unspecified atom stereocenters. The van der Waals surface area contributed by atoms with Gasteiger partial charge in [-0.15, -0.1) is 0 Å². The fourth-order valence-electron chi connectivity index (χ4n) is 0.955. The first kappa shape index (κ1) is 15.2. The molecule has 0 radical (unpaired) electrons. The zero-order chi connectivity index (χ0) is 12.6. The molecule has 0 aromatic carbocycles. The second-order valence-corrected chi connectivity index (χ2v) is 5.57. The quantitative estimate of drug-likeness (QED) is 0.593. The first-order valence-electron chi connectivity index (χ1n) is 4.52. The molecular formula is C8H15N2O5Re. The van der Waals surface area contributed by atoms with Gasteiger partial charge < -0.3 is 4.74 Å². The van der Waals surface area contributed by atoms with Gasteiger partial charge in [0.25, 0.3) is 0 Å². The van der Waals surface area contributed by atoms with Gasteiger partial charge in [-0.25, -0.2) is 9.13 Å². The van der Waals surface area contributed by atoms with Crippen LogP contribution >= 0.6 is 0 Å². The Morgan fingerprint density at radius 2 is 2.00 bits per heavy atom. The van der Waals surface area contributed by atoms with E-state index in [1.54, 1.807) is 7.11 Å². The second-order valence-electron chi connectivity index (χ2n) is 2.85. The third-order valence-electron chi connectivity index (χ3n) is 1.67. The van der Waals surface area contributed by atoms with E-state index < -0.39 is 15.8 Å². The molecule has 0 bridgehead atoms. The summed E-state index contributed by atoms with van der Waals surface area (Å²) in [5.74, 6) is 0. The van der Waals surface area contributed by atoms with Crippen molar-refractivity contribution in [2.45, 2.75) is 20.0 Å². The molecule has 1 aromatic heterocycles. The van der Waals surface area contributed by atoms with Crippen LogP contribution in [0.15, 0.2) is 18.7 Å². The topological polar surface area (TPSA) is 92.3 Å². The first-order valence-corrected chi connectivity index (χ1v) is 8.95. The van der Waals surface area contributed by atoms with E-state index in [1.165, 1.54) is 0 Å². The fourth-order valence-corrected chi connectivity index (χ4v) is 0.955. The zero-order valence-electron chi connectivity index (χ0n) is 9.17. The third-order valence-corrected chi connectivity index (χ3v) is 1.67. The zero-order valence-corrected chi connectivity index (χ0v) is 11.9. The van der Waals surface area contributed by atoms with Crippen molar-refractivity contribution in [1.82, 2.24) is 4.57 Å². The van der Waals surface area contributed by atoms with Crippen molar-refractivity contribution in [3.8, 4) is 0 Å². The molecule has 0 spiro atoms. The van der Waals surface area contributed by atoms with Crippen molar-refractivity contribution < 1.29 is 39.3 Å². The van der Waals surface area contributed by atoms with Crippen LogP contribution in [-0.2, 0) is 44.0 Å². The molecule has 0 aliphatic carbocycles. The number of rotatable bonds is 4. The van der Waals surface area contributed by atoms with E-state index >= 15 is 0 Å². The van der Waals surface area contributed by atoms with E-state index in [0.29, 0.717) is 0 Å². The van der Waals surface area contributed by atoms with Gasteiger partial charge in [-0.1, -0.05) is 0 Å². The van der Waals surface area contributed by atoms with Gasteiger partial charge in [-0.05, 0) is 6.92 Å². The number of ether oxygens (including phenoxy) is 1. The number of hydrogen-bond donors (Lipinski definition) is 0. The molecule has 1 aromatic rings. The molecule has 0 saturated heterocycles. The maximum absolute atomic E-state index is 8.64. The maximum atomic E-state index is 8.64. The summed E-state index contributed by atoms with van der Waals surface area (Å²) in [4.78, 5) is 0. The van der Waals surface area contributed by atoms with Crippen molar-refractivity contribution in [1.29, 1.82) is 0 Å². The van der Waals surface area contributed by atoms with Gasteiger partial charge >= 0.3 is 30.0 Å². The van der Waals surface area contributed by atoms with Crippen LogP contribution < -0.4 is 8.40 Å². The Balaban J connectivity index is 0.000000385. The molecule has 0 aliphatic heterocycles. The fraction of sp³-hybridized carbons (Fsp3) is 0.625. The Kier molecular flexibility index (Phi) is 7.09. The normalized spacial score (nSPS) is 10.7. The number of aromatic nitrogens is 2. The van der Waals surface area contributed by atoms with E-state index in [2.05, 4.69) is 34.8 Å². The van der Waals surface area contributed by atoms with Crippen LogP contribution in [0.1, 0.15) is 6.92 Å². The predicted octanol–water partition coefficient (Wildman–Crippen LogP) is -1.11. The minimum atomic E-state index is -6.11. The summed E-state index contributed by atoms with van der Waals surface area (Å²) in [5, 5.41) is 0. The van der Waals surface area contributed by atoms with Crippen LogP contribution in [0.5, 0.6) is 0 Å². The summed E-state index contributed by atoms with van der Waals surface area (Å²) in [6.45, 7) is 4.86. The van der Waals surface area contributed by atoms with E-state index in [4.69, 9.17) is 19.0 Å². The summed E-state index contributed by atoms with van der Waals surface area (Å²) in [6, 6.07) is 0. The number of nitrogens with zero attached hydrogens (tertiary/aromatic N) is 2. The van der Waals surface area contributed by atoms with Gasteiger partial charge in [0, 0.05) is 7.11 Å². The molecule has 94 valence electrons. The Labute approximate surface area is 96.6 Å². The van der Waals surface area contributed by atoms with E-state index in [-0.39, 0.29) is 0 Å². The summed E-state index contributed by atoms with van der Waals surface area (Å²) in [6.07, 6.45) is 6.21. The molecule has 0 amide bonds. The summed E-state index contributed by atoms with van der Waals surface area (Å²) < 4.78 is 43.8. The van der Waals surface area contributed by atoms with E-state index in [9.17, 15) is 0 Å². The van der Waals surface area contributed by atoms with Gasteiger partial charge in [0.2, 0.25) is 6.33 Å². The average molecular weight is 405 g/mol. The van der Waals surface area contributed by atoms with Crippen LogP contribution in [0.4, 0.5) is 0 Å². The van der Waals surface area contributed by atoms with Crippen molar-refractivity contribution in [3.63, 3.8) is 0 Å². The Morgan fingerprint density at radius 3 is 2.38 bits per heavy atom. The SMILES string of the molecule is CCn1cc[n+](CCOC)c1.[O]=[Re](=[O])(=[O])[O-]. The Bertz CT molecular complexity index is 431. The number of hydrogen-bond acceptors (Lipinski definition) is 5. The standard InChI is InChI=1S/C8H15N2O.4O.Re/c1-3-9-4-5-10(8-9)6-7-11-2;;;;;/h4-5,8H,3,6-7H2,1-2H3;;;;;/q+1;;;;-1;. The monoisotopic (exact) mass is 406 g/mol. The van der Waals surface area contributed by atoms with E-state index in [0.717, 1.165) is 19.7 Å². The third kappa shape index (κ3) is 9.74. The van der Waals surface area contributed by atoms with Gasteiger partial charge in [0.1, 0.15) is 18.9 Å². The summed E-state index contributed by atoms with van der Waals surface area (Å²) in [7, 11) is 1.72. The molecule has 0 fully saturated rings. The first-order chi connectivity index (χ1) is 7.36. The van der Waals surface area contributed by atoms with Crippen LogP contribution in [0.3, 0.4) is 0 Å². The average Bonchev–Trinajstić information content (AvgIpc) is 2.59. The molecule has 0 N–H and O–H groups in total. The Hall–Kier alpha value is -0.808. The van der Waals surface area contributed by atoms with Crippen LogP contribution in [-0.4, -0.2) is 18.3 Å². The molecule has 1 rings (SSSR count). The predicted molar refractivity (Wildman–Crippen MR) is 44.2 cm³/mol. The molecule has 0 aliphatic rings. The van der Waals surface area contributed by atoms with Crippen LogP contribution in [0.2, 0.25) is 0 Å². The second kappa shape index (κ2) is 7.46. The van der Waals surface area contributed by atoms with Crippen molar-refractivity contribution in [2.75, 3.05) is 13.7 Å². The molecule has 16 heavy (non-hydrogen) atoms. The van der Waals surface area contributed by atoms with Crippen LogP contribution in [0.25, 0.3) is 0 Å². The molecular weight excluding hydrogens is 390 g/mol.